The van der Waals surface area contributed by atoms with Crippen LogP contribution in [-0.4, -0.2) is 13.0 Å². The van der Waals surface area contributed by atoms with Crippen LogP contribution in [0.3, 0.4) is 0 Å². The van der Waals surface area contributed by atoms with Crippen LogP contribution in [0.5, 0.6) is 5.75 Å². The average Bonchev–Trinajstić information content (AvgIpc) is 2.43. The highest BCUT2D eigenvalue weighted by molar-refractivity contribution is 6.40. The molecule has 0 saturated heterocycles. The zero-order chi connectivity index (χ0) is 14.7. The molecule has 4 nitrogen and oxygen atoms in total. The zero-order valence-corrected chi connectivity index (χ0v) is 12.1. The Kier molecular flexibility index (Phi) is 4.37. The maximum absolute atomic E-state index is 12.2. The summed E-state index contributed by atoms with van der Waals surface area (Å²) in [5.74, 6) is 0.131. The number of hydrogen-bond acceptors (Lipinski definition) is 3. The number of benzene rings is 2. The van der Waals surface area contributed by atoms with E-state index >= 15 is 0 Å². The maximum Gasteiger partial charge on any atom is 0.257 e. The van der Waals surface area contributed by atoms with Crippen molar-refractivity contribution in [1.29, 1.82) is 0 Å². The molecule has 0 aliphatic carbocycles. The van der Waals surface area contributed by atoms with E-state index in [0.29, 0.717) is 32.7 Å². The summed E-state index contributed by atoms with van der Waals surface area (Å²) in [6, 6.07) is 9.79. The summed E-state index contributed by atoms with van der Waals surface area (Å²) < 4.78 is 5.07. The number of para-hydroxylation sites is 1. The van der Waals surface area contributed by atoms with E-state index < -0.39 is 5.91 Å². The van der Waals surface area contributed by atoms with Gasteiger partial charge in [0.2, 0.25) is 0 Å². The van der Waals surface area contributed by atoms with Crippen molar-refractivity contribution in [2.24, 2.45) is 0 Å². The maximum atomic E-state index is 12.2. The summed E-state index contributed by atoms with van der Waals surface area (Å²) in [5.41, 5.74) is 6.77. The van der Waals surface area contributed by atoms with Crippen molar-refractivity contribution in [1.82, 2.24) is 0 Å². The third kappa shape index (κ3) is 2.98. The molecule has 0 fully saturated rings. The van der Waals surface area contributed by atoms with Gasteiger partial charge in [-0.05, 0) is 30.3 Å². The first-order chi connectivity index (χ1) is 9.52. The van der Waals surface area contributed by atoms with Crippen molar-refractivity contribution in [2.75, 3.05) is 18.2 Å². The highest BCUT2D eigenvalue weighted by Crippen LogP contribution is 2.31. The molecule has 0 bridgehead atoms. The number of nitrogen functional groups attached to an aromatic ring is 1. The van der Waals surface area contributed by atoms with Crippen molar-refractivity contribution >= 4 is 40.5 Å². The molecule has 104 valence electrons. The predicted molar refractivity (Wildman–Crippen MR) is 81.8 cm³/mol. The molecular weight excluding hydrogens is 299 g/mol. The summed E-state index contributed by atoms with van der Waals surface area (Å²) in [7, 11) is 1.51. The lowest BCUT2D eigenvalue weighted by atomic mass is 10.1. The third-order valence-electron chi connectivity index (χ3n) is 2.71. The second-order valence-electron chi connectivity index (χ2n) is 4.00. The molecule has 0 radical (unpaired) electrons. The summed E-state index contributed by atoms with van der Waals surface area (Å²) in [6.45, 7) is 0. The highest BCUT2D eigenvalue weighted by Gasteiger charge is 2.14. The van der Waals surface area contributed by atoms with Gasteiger partial charge in [-0.15, -0.1) is 0 Å². The van der Waals surface area contributed by atoms with Gasteiger partial charge in [0.25, 0.3) is 5.91 Å². The minimum atomic E-state index is -0.406. The second-order valence-corrected chi connectivity index (χ2v) is 4.82. The first-order valence-corrected chi connectivity index (χ1v) is 6.47. The summed E-state index contributed by atoms with van der Waals surface area (Å²) in [4.78, 5) is 12.2. The Morgan fingerprint density at radius 3 is 2.45 bits per heavy atom. The summed E-state index contributed by atoms with van der Waals surface area (Å²) in [5, 5.41) is 3.36. The average molecular weight is 311 g/mol. The molecule has 0 unspecified atom stereocenters. The number of hydrogen-bond donors (Lipinski definition) is 2. The largest absolute Gasteiger partial charge is 0.497 e. The molecule has 6 heteroatoms. The number of methoxy groups -OCH3 is 1. The summed E-state index contributed by atoms with van der Waals surface area (Å²) >= 11 is 12.0. The molecule has 0 spiro atoms. The van der Waals surface area contributed by atoms with Gasteiger partial charge in [-0.25, -0.2) is 0 Å². The predicted octanol–water partition coefficient (Wildman–Crippen LogP) is 3.84. The second kappa shape index (κ2) is 6.03. The monoisotopic (exact) mass is 310 g/mol. The van der Waals surface area contributed by atoms with E-state index in [9.17, 15) is 4.79 Å². The topological polar surface area (TPSA) is 64.3 Å². The number of anilines is 2. The quantitative estimate of drug-likeness (QED) is 0.847. The smallest absolute Gasteiger partial charge is 0.257 e. The summed E-state index contributed by atoms with van der Waals surface area (Å²) in [6.07, 6.45) is 0. The Bertz CT molecular complexity index is 639. The van der Waals surface area contributed by atoms with Crippen molar-refractivity contribution in [3.05, 3.63) is 52.0 Å². The van der Waals surface area contributed by atoms with E-state index in [1.54, 1.807) is 36.4 Å². The lowest BCUT2D eigenvalue weighted by Crippen LogP contribution is -2.14. The standard InChI is InChI=1S/C14H12Cl2N2O2/c1-20-8-5-6-12(17)9(7-8)14(19)18-13-10(15)3-2-4-11(13)16/h2-7H,17H2,1H3,(H,18,19). The van der Waals surface area contributed by atoms with E-state index in [4.69, 9.17) is 33.7 Å². The molecule has 0 aromatic heterocycles. The van der Waals surface area contributed by atoms with Crippen LogP contribution in [0, 0.1) is 0 Å². The lowest BCUT2D eigenvalue weighted by Gasteiger charge is -2.11. The lowest BCUT2D eigenvalue weighted by molar-refractivity contribution is 0.102. The normalized spacial score (nSPS) is 10.2. The van der Waals surface area contributed by atoms with Crippen LogP contribution >= 0.6 is 23.2 Å². The number of amides is 1. The highest BCUT2D eigenvalue weighted by atomic mass is 35.5. The number of halogens is 2. The molecule has 1 amide bonds. The van der Waals surface area contributed by atoms with Crippen LogP contribution < -0.4 is 15.8 Å². The number of carbonyl (C=O) groups is 1. The molecule has 3 N–H and O–H groups in total. The number of nitrogens with two attached hydrogens (primary N) is 1. The van der Waals surface area contributed by atoms with Crippen molar-refractivity contribution < 1.29 is 9.53 Å². The van der Waals surface area contributed by atoms with Crippen LogP contribution in [0.25, 0.3) is 0 Å². The van der Waals surface area contributed by atoms with E-state index in [1.807, 2.05) is 0 Å². The minimum absolute atomic E-state index is 0.292. The van der Waals surface area contributed by atoms with Crippen LogP contribution in [0.1, 0.15) is 10.4 Å². The van der Waals surface area contributed by atoms with Crippen LogP contribution in [0.2, 0.25) is 10.0 Å². The van der Waals surface area contributed by atoms with Gasteiger partial charge in [-0.3, -0.25) is 4.79 Å². The van der Waals surface area contributed by atoms with E-state index in [1.165, 1.54) is 7.11 Å². The van der Waals surface area contributed by atoms with Crippen molar-refractivity contribution in [3.63, 3.8) is 0 Å². The fourth-order valence-corrected chi connectivity index (χ4v) is 2.15. The Morgan fingerprint density at radius 1 is 1.20 bits per heavy atom. The Labute approximate surface area is 126 Å². The molecule has 2 rings (SSSR count). The first-order valence-electron chi connectivity index (χ1n) is 5.72. The Morgan fingerprint density at radius 2 is 1.85 bits per heavy atom. The van der Waals surface area contributed by atoms with Crippen LogP contribution in [0.4, 0.5) is 11.4 Å². The van der Waals surface area contributed by atoms with Crippen molar-refractivity contribution in [3.8, 4) is 5.75 Å². The van der Waals surface area contributed by atoms with E-state index in [0.717, 1.165) is 0 Å². The van der Waals surface area contributed by atoms with E-state index in [2.05, 4.69) is 5.32 Å². The molecule has 0 saturated carbocycles. The fourth-order valence-electron chi connectivity index (χ4n) is 1.66. The van der Waals surface area contributed by atoms with Gasteiger partial charge < -0.3 is 15.8 Å². The molecule has 0 heterocycles. The molecule has 0 atom stereocenters. The molecule has 0 aliphatic rings. The van der Waals surface area contributed by atoms with Gasteiger partial charge in [0.05, 0.1) is 28.4 Å². The number of ether oxygens (including phenoxy) is 1. The first kappa shape index (κ1) is 14.5. The Hall–Kier alpha value is -1.91. The number of rotatable bonds is 3. The minimum Gasteiger partial charge on any atom is -0.497 e. The SMILES string of the molecule is COc1ccc(N)c(C(=O)Nc2c(Cl)cccc2Cl)c1. The molecule has 2 aromatic carbocycles. The van der Waals surface area contributed by atoms with E-state index in [-0.39, 0.29) is 0 Å². The van der Waals surface area contributed by atoms with Gasteiger partial charge in [0.15, 0.2) is 0 Å². The fraction of sp³-hybridized carbons (Fsp3) is 0.0714. The molecule has 0 aliphatic heterocycles. The zero-order valence-electron chi connectivity index (χ0n) is 10.6. The number of carbonyl (C=O) groups excluding carboxylic acids is 1. The molecular formula is C14H12Cl2N2O2. The number of nitrogens with one attached hydrogen (secondary N) is 1. The van der Waals surface area contributed by atoms with Crippen molar-refractivity contribution in [2.45, 2.75) is 0 Å². The van der Waals surface area contributed by atoms with Gasteiger partial charge in [0.1, 0.15) is 5.75 Å². The van der Waals surface area contributed by atoms with Gasteiger partial charge >= 0.3 is 0 Å². The van der Waals surface area contributed by atoms with Gasteiger partial charge in [-0.2, -0.15) is 0 Å². The molecule has 20 heavy (non-hydrogen) atoms. The van der Waals surface area contributed by atoms with Crippen LogP contribution in [0.15, 0.2) is 36.4 Å². The molecule has 2 aromatic rings. The third-order valence-corrected chi connectivity index (χ3v) is 3.34. The van der Waals surface area contributed by atoms with Gasteiger partial charge in [0, 0.05) is 5.69 Å². The Balaban J connectivity index is 2.33. The van der Waals surface area contributed by atoms with Crippen LogP contribution in [-0.2, 0) is 0 Å². The van der Waals surface area contributed by atoms with Gasteiger partial charge in [-0.1, -0.05) is 29.3 Å².